The smallest absolute Gasteiger partial charge is 0.371 e. The van der Waals surface area contributed by atoms with Gasteiger partial charge in [-0.15, -0.1) is 0 Å². The van der Waals surface area contributed by atoms with Gasteiger partial charge < -0.3 is 14.8 Å². The number of aryl methyl sites for hydroxylation is 1. The number of hydrogen-bond acceptors (Lipinski definition) is 4. The quantitative estimate of drug-likeness (QED) is 0.885. The van der Waals surface area contributed by atoms with Crippen molar-refractivity contribution < 1.29 is 14.3 Å². The summed E-state index contributed by atoms with van der Waals surface area (Å²) in [6, 6.07) is 3.24. The second kappa shape index (κ2) is 5.73. The van der Waals surface area contributed by atoms with Crippen LogP contribution in [-0.2, 0) is 13.6 Å². The Labute approximate surface area is 123 Å². The predicted octanol–water partition coefficient (Wildman–Crippen LogP) is 2.59. The summed E-state index contributed by atoms with van der Waals surface area (Å²) in [7, 11) is 1.88. The third kappa shape index (κ3) is 3.72. The summed E-state index contributed by atoms with van der Waals surface area (Å²) in [5.74, 6) is -0.494. The van der Waals surface area contributed by atoms with E-state index in [1.807, 2.05) is 19.4 Å². The minimum Gasteiger partial charge on any atom is -0.475 e. The molecular weight excluding hydrogens is 270 g/mol. The van der Waals surface area contributed by atoms with E-state index in [9.17, 15) is 4.79 Å². The van der Waals surface area contributed by atoms with Crippen LogP contribution in [0.2, 0.25) is 0 Å². The molecule has 2 rings (SSSR count). The molecule has 0 aliphatic rings. The van der Waals surface area contributed by atoms with Crippen molar-refractivity contribution >= 4 is 5.97 Å². The van der Waals surface area contributed by atoms with E-state index in [1.54, 1.807) is 10.7 Å². The fourth-order valence-corrected chi connectivity index (χ4v) is 2.30. The molecule has 2 N–H and O–H groups in total. The van der Waals surface area contributed by atoms with Crippen LogP contribution in [0.5, 0.6) is 0 Å². The molecule has 0 spiro atoms. The first kappa shape index (κ1) is 15.3. The topological polar surface area (TPSA) is 80.3 Å². The van der Waals surface area contributed by atoms with Crippen LogP contribution >= 0.6 is 0 Å². The molecule has 2 aromatic heterocycles. The van der Waals surface area contributed by atoms with Crippen molar-refractivity contribution in [2.45, 2.75) is 33.4 Å². The van der Waals surface area contributed by atoms with Gasteiger partial charge in [-0.1, -0.05) is 20.8 Å². The number of nitrogens with one attached hydrogen (secondary N) is 1. The lowest BCUT2D eigenvalue weighted by atomic mass is 9.83. The van der Waals surface area contributed by atoms with Crippen molar-refractivity contribution in [3.05, 3.63) is 41.6 Å². The maximum atomic E-state index is 10.8. The van der Waals surface area contributed by atoms with Crippen LogP contribution in [0.4, 0.5) is 0 Å². The standard InChI is InChI=1S/C15H21N3O3/c1-15(2,3)13(10-7-17-18(4)9-10)16-8-11-5-6-12(21-11)14(19)20/h5-7,9,13,16H,8H2,1-4H3,(H,19,20). The molecule has 0 radical (unpaired) electrons. The van der Waals surface area contributed by atoms with E-state index in [0.29, 0.717) is 12.3 Å². The molecule has 0 aliphatic carbocycles. The summed E-state index contributed by atoms with van der Waals surface area (Å²) >= 11 is 0. The maximum Gasteiger partial charge on any atom is 0.371 e. The zero-order valence-corrected chi connectivity index (χ0v) is 12.8. The minimum absolute atomic E-state index is 0.00868. The molecule has 0 saturated heterocycles. The Hall–Kier alpha value is -2.08. The highest BCUT2D eigenvalue weighted by Gasteiger charge is 2.27. The van der Waals surface area contributed by atoms with E-state index in [2.05, 4.69) is 31.2 Å². The second-order valence-corrected chi connectivity index (χ2v) is 6.20. The van der Waals surface area contributed by atoms with Gasteiger partial charge in [0, 0.05) is 24.8 Å². The van der Waals surface area contributed by atoms with Gasteiger partial charge in [-0.2, -0.15) is 5.10 Å². The Bertz CT molecular complexity index is 622. The average molecular weight is 291 g/mol. The Balaban J connectivity index is 2.10. The van der Waals surface area contributed by atoms with Gasteiger partial charge in [0.1, 0.15) is 5.76 Å². The van der Waals surface area contributed by atoms with Crippen molar-refractivity contribution in [3.63, 3.8) is 0 Å². The zero-order chi connectivity index (χ0) is 15.6. The monoisotopic (exact) mass is 291 g/mol. The van der Waals surface area contributed by atoms with Gasteiger partial charge in [-0.05, 0) is 17.5 Å². The second-order valence-electron chi connectivity index (χ2n) is 6.20. The van der Waals surface area contributed by atoms with Gasteiger partial charge in [0.05, 0.1) is 12.7 Å². The molecule has 0 fully saturated rings. The number of nitrogens with zero attached hydrogens (tertiary/aromatic N) is 2. The van der Waals surface area contributed by atoms with E-state index in [-0.39, 0.29) is 17.2 Å². The molecule has 0 bridgehead atoms. The van der Waals surface area contributed by atoms with E-state index >= 15 is 0 Å². The van der Waals surface area contributed by atoms with Crippen molar-refractivity contribution in [2.75, 3.05) is 0 Å². The lowest BCUT2D eigenvalue weighted by Crippen LogP contribution is -2.31. The Morgan fingerprint density at radius 2 is 2.19 bits per heavy atom. The van der Waals surface area contributed by atoms with Crippen LogP contribution in [0.1, 0.15) is 48.7 Å². The molecule has 0 aliphatic heterocycles. The van der Waals surface area contributed by atoms with Crippen LogP contribution < -0.4 is 5.32 Å². The van der Waals surface area contributed by atoms with Gasteiger partial charge in [-0.25, -0.2) is 4.79 Å². The summed E-state index contributed by atoms with van der Waals surface area (Å²) in [6.07, 6.45) is 3.82. The molecule has 0 amide bonds. The van der Waals surface area contributed by atoms with E-state index in [4.69, 9.17) is 9.52 Å². The lowest BCUT2D eigenvalue weighted by Gasteiger charge is -2.30. The number of hydrogen-bond donors (Lipinski definition) is 2. The van der Waals surface area contributed by atoms with Crippen molar-refractivity contribution in [3.8, 4) is 0 Å². The third-order valence-corrected chi connectivity index (χ3v) is 3.28. The number of aromatic carboxylic acids is 1. The number of carbonyl (C=O) groups is 1. The van der Waals surface area contributed by atoms with Crippen LogP contribution in [0.25, 0.3) is 0 Å². The van der Waals surface area contributed by atoms with E-state index in [0.717, 1.165) is 5.56 Å². The molecular formula is C15H21N3O3. The molecule has 2 heterocycles. The number of carboxylic acids is 1. The molecule has 1 atom stereocenters. The molecule has 6 nitrogen and oxygen atoms in total. The summed E-state index contributed by atoms with van der Waals surface area (Å²) < 4.78 is 7.04. The first-order valence-corrected chi connectivity index (χ1v) is 6.81. The van der Waals surface area contributed by atoms with Gasteiger partial charge in [0.25, 0.3) is 0 Å². The number of rotatable bonds is 5. The first-order valence-electron chi connectivity index (χ1n) is 6.81. The lowest BCUT2D eigenvalue weighted by molar-refractivity contribution is 0.0659. The van der Waals surface area contributed by atoms with Crippen LogP contribution in [-0.4, -0.2) is 20.9 Å². The molecule has 114 valence electrons. The maximum absolute atomic E-state index is 10.8. The summed E-state index contributed by atoms with van der Waals surface area (Å²) in [5.41, 5.74) is 1.08. The Morgan fingerprint density at radius 3 is 2.67 bits per heavy atom. The fourth-order valence-electron chi connectivity index (χ4n) is 2.30. The van der Waals surface area contributed by atoms with Crippen molar-refractivity contribution in [2.24, 2.45) is 12.5 Å². The fraction of sp³-hybridized carbons (Fsp3) is 0.467. The average Bonchev–Trinajstić information content (AvgIpc) is 2.97. The highest BCUT2D eigenvalue weighted by Crippen LogP contribution is 2.32. The molecule has 0 saturated carbocycles. The molecule has 6 heteroatoms. The van der Waals surface area contributed by atoms with Gasteiger partial charge in [0.15, 0.2) is 0 Å². The number of aromatic nitrogens is 2. The van der Waals surface area contributed by atoms with Crippen molar-refractivity contribution in [1.29, 1.82) is 0 Å². The highest BCUT2D eigenvalue weighted by atomic mass is 16.4. The van der Waals surface area contributed by atoms with E-state index < -0.39 is 5.97 Å². The Kier molecular flexibility index (Phi) is 4.18. The van der Waals surface area contributed by atoms with Crippen LogP contribution in [0.3, 0.4) is 0 Å². The number of furan rings is 1. The highest BCUT2D eigenvalue weighted by molar-refractivity contribution is 5.84. The summed E-state index contributed by atoms with van der Waals surface area (Å²) in [6.45, 7) is 6.89. The summed E-state index contributed by atoms with van der Waals surface area (Å²) in [4.78, 5) is 10.8. The SMILES string of the molecule is Cn1cc(C(NCc2ccc(C(=O)O)o2)C(C)(C)C)cn1. The molecule has 1 unspecified atom stereocenters. The Morgan fingerprint density at radius 1 is 1.48 bits per heavy atom. The van der Waals surface area contributed by atoms with Crippen LogP contribution in [0.15, 0.2) is 28.9 Å². The molecule has 0 aromatic carbocycles. The number of carboxylic acid groups (broad SMARTS) is 1. The van der Waals surface area contributed by atoms with Gasteiger partial charge in [-0.3, -0.25) is 4.68 Å². The normalized spacial score (nSPS) is 13.3. The minimum atomic E-state index is -1.05. The molecule has 2 aromatic rings. The van der Waals surface area contributed by atoms with Crippen LogP contribution in [0, 0.1) is 5.41 Å². The predicted molar refractivity (Wildman–Crippen MR) is 77.9 cm³/mol. The van der Waals surface area contributed by atoms with Gasteiger partial charge >= 0.3 is 5.97 Å². The van der Waals surface area contributed by atoms with E-state index in [1.165, 1.54) is 6.07 Å². The summed E-state index contributed by atoms with van der Waals surface area (Å²) in [5, 5.41) is 16.5. The molecule has 21 heavy (non-hydrogen) atoms. The van der Waals surface area contributed by atoms with Crippen molar-refractivity contribution in [1.82, 2.24) is 15.1 Å². The first-order chi connectivity index (χ1) is 9.77. The third-order valence-electron chi connectivity index (χ3n) is 3.28. The zero-order valence-electron chi connectivity index (χ0n) is 12.8. The largest absolute Gasteiger partial charge is 0.475 e. The van der Waals surface area contributed by atoms with Gasteiger partial charge in [0.2, 0.25) is 5.76 Å².